The van der Waals surface area contributed by atoms with Gasteiger partial charge in [-0.25, -0.2) is 9.18 Å². The second-order valence-electron chi connectivity index (χ2n) is 5.07. The number of rotatable bonds is 5. The molecule has 2 amide bonds. The summed E-state index contributed by atoms with van der Waals surface area (Å²) in [5.74, 6) is -0.547. The normalized spacial score (nSPS) is 11.2. The lowest BCUT2D eigenvalue weighted by Gasteiger charge is -2.23. The highest BCUT2D eigenvalue weighted by Gasteiger charge is 2.18. The van der Waals surface area contributed by atoms with E-state index < -0.39 is 11.8 Å². The van der Waals surface area contributed by atoms with Crippen molar-refractivity contribution in [1.29, 1.82) is 0 Å². The molecule has 0 atom stereocenters. The number of nitrogens with one attached hydrogen (secondary N) is 2. The van der Waals surface area contributed by atoms with Gasteiger partial charge in [0.1, 0.15) is 5.82 Å². The van der Waals surface area contributed by atoms with E-state index >= 15 is 0 Å². The van der Waals surface area contributed by atoms with Crippen LogP contribution in [0.25, 0.3) is 0 Å². The van der Waals surface area contributed by atoms with Crippen molar-refractivity contribution in [3.05, 3.63) is 29.0 Å². The largest absolute Gasteiger partial charge is 0.396 e. The molecule has 0 saturated heterocycles. The van der Waals surface area contributed by atoms with Crippen molar-refractivity contribution >= 4 is 23.3 Å². The van der Waals surface area contributed by atoms with Gasteiger partial charge in [0.25, 0.3) is 0 Å². The number of hydrogen-bond acceptors (Lipinski definition) is 2. The molecule has 0 aliphatic heterocycles. The van der Waals surface area contributed by atoms with E-state index in [2.05, 4.69) is 10.6 Å². The highest BCUT2D eigenvalue weighted by Crippen LogP contribution is 2.20. The van der Waals surface area contributed by atoms with E-state index in [1.165, 1.54) is 18.2 Å². The van der Waals surface area contributed by atoms with Crippen molar-refractivity contribution in [1.82, 2.24) is 5.32 Å². The number of urea groups is 1. The van der Waals surface area contributed by atoms with Crippen molar-refractivity contribution in [2.75, 3.05) is 18.5 Å². The number of carbonyl (C=O) groups is 1. The molecule has 0 spiro atoms. The van der Waals surface area contributed by atoms with Crippen LogP contribution in [0.15, 0.2) is 18.2 Å². The van der Waals surface area contributed by atoms with E-state index in [-0.39, 0.29) is 17.7 Å². The SMILES string of the molecule is CC(C)(CCO)CNC(=O)Nc1cc(Cl)ccc1F. The highest BCUT2D eigenvalue weighted by atomic mass is 35.5. The minimum absolute atomic E-state index is 0.0324. The Kier molecular flexibility index (Phi) is 5.57. The molecule has 0 unspecified atom stereocenters. The maximum Gasteiger partial charge on any atom is 0.319 e. The summed E-state index contributed by atoms with van der Waals surface area (Å²) in [6.45, 7) is 4.27. The average molecular weight is 289 g/mol. The molecule has 19 heavy (non-hydrogen) atoms. The van der Waals surface area contributed by atoms with Crippen LogP contribution >= 0.6 is 11.6 Å². The van der Waals surface area contributed by atoms with Gasteiger partial charge in [-0.3, -0.25) is 0 Å². The first kappa shape index (κ1) is 15.7. The molecular weight excluding hydrogens is 271 g/mol. The summed E-state index contributed by atoms with van der Waals surface area (Å²) in [6, 6.07) is 3.43. The van der Waals surface area contributed by atoms with Crippen LogP contribution < -0.4 is 10.6 Å². The third kappa shape index (κ3) is 5.44. The molecular formula is C13H18ClFN2O2. The van der Waals surface area contributed by atoms with Gasteiger partial charge in [-0.05, 0) is 30.0 Å². The molecule has 6 heteroatoms. The number of aliphatic hydroxyl groups is 1. The van der Waals surface area contributed by atoms with Crippen molar-refractivity contribution in [3.63, 3.8) is 0 Å². The second-order valence-corrected chi connectivity index (χ2v) is 5.51. The van der Waals surface area contributed by atoms with E-state index in [9.17, 15) is 9.18 Å². The van der Waals surface area contributed by atoms with Gasteiger partial charge in [-0.2, -0.15) is 0 Å². The smallest absolute Gasteiger partial charge is 0.319 e. The fourth-order valence-corrected chi connectivity index (χ4v) is 1.64. The van der Waals surface area contributed by atoms with E-state index in [1.807, 2.05) is 13.8 Å². The molecule has 4 nitrogen and oxygen atoms in total. The Bertz CT molecular complexity index is 452. The monoisotopic (exact) mass is 288 g/mol. The molecule has 0 heterocycles. The van der Waals surface area contributed by atoms with Gasteiger partial charge in [-0.1, -0.05) is 25.4 Å². The molecule has 1 aromatic carbocycles. The number of carbonyl (C=O) groups excluding carboxylic acids is 1. The molecule has 0 aliphatic carbocycles. The molecule has 1 aromatic rings. The highest BCUT2D eigenvalue weighted by molar-refractivity contribution is 6.30. The Morgan fingerprint density at radius 2 is 2.16 bits per heavy atom. The number of amides is 2. The molecule has 0 fully saturated rings. The Morgan fingerprint density at radius 3 is 2.79 bits per heavy atom. The predicted octanol–water partition coefficient (Wildman–Crippen LogP) is 3.01. The predicted molar refractivity (Wildman–Crippen MR) is 73.9 cm³/mol. The molecule has 0 aromatic heterocycles. The summed E-state index contributed by atoms with van der Waals surface area (Å²) < 4.78 is 13.4. The third-order valence-electron chi connectivity index (χ3n) is 2.69. The number of anilines is 1. The summed E-state index contributed by atoms with van der Waals surface area (Å²) >= 11 is 5.73. The standard InChI is InChI=1S/C13H18ClFN2O2/c1-13(2,5-6-18)8-16-12(19)17-11-7-9(14)3-4-10(11)15/h3-4,7,18H,5-6,8H2,1-2H3,(H2,16,17,19). The summed E-state index contributed by atoms with van der Waals surface area (Å²) in [5.41, 5.74) is -0.191. The maximum atomic E-state index is 13.4. The van der Waals surface area contributed by atoms with Crippen LogP contribution in [0.3, 0.4) is 0 Å². The minimum Gasteiger partial charge on any atom is -0.396 e. The lowest BCUT2D eigenvalue weighted by molar-refractivity contribution is 0.204. The first-order chi connectivity index (χ1) is 8.84. The number of hydrogen-bond donors (Lipinski definition) is 3. The first-order valence-corrected chi connectivity index (χ1v) is 6.32. The van der Waals surface area contributed by atoms with Crippen molar-refractivity contribution in [3.8, 4) is 0 Å². The zero-order valence-electron chi connectivity index (χ0n) is 11.0. The third-order valence-corrected chi connectivity index (χ3v) is 2.93. The van der Waals surface area contributed by atoms with Gasteiger partial charge >= 0.3 is 6.03 Å². The van der Waals surface area contributed by atoms with Crippen LogP contribution in [-0.2, 0) is 0 Å². The molecule has 0 bridgehead atoms. The first-order valence-electron chi connectivity index (χ1n) is 5.95. The topological polar surface area (TPSA) is 61.4 Å². The zero-order valence-corrected chi connectivity index (χ0v) is 11.7. The Morgan fingerprint density at radius 1 is 1.47 bits per heavy atom. The number of aliphatic hydroxyl groups excluding tert-OH is 1. The van der Waals surface area contributed by atoms with Crippen LogP contribution in [0, 0.1) is 11.2 Å². The number of benzene rings is 1. The Balaban J connectivity index is 2.54. The van der Waals surface area contributed by atoms with E-state index in [0.717, 1.165) is 0 Å². The molecule has 106 valence electrons. The fraction of sp³-hybridized carbons (Fsp3) is 0.462. The zero-order chi connectivity index (χ0) is 14.5. The molecule has 1 rings (SSSR count). The fourth-order valence-electron chi connectivity index (χ4n) is 1.47. The van der Waals surface area contributed by atoms with E-state index in [0.29, 0.717) is 18.0 Å². The average Bonchev–Trinajstić information content (AvgIpc) is 2.31. The Labute approximate surface area is 117 Å². The van der Waals surface area contributed by atoms with Gasteiger partial charge in [0.2, 0.25) is 0 Å². The minimum atomic E-state index is -0.547. The Hall–Kier alpha value is -1.33. The van der Waals surface area contributed by atoms with Gasteiger partial charge in [0.15, 0.2) is 0 Å². The molecule has 0 aliphatic rings. The van der Waals surface area contributed by atoms with E-state index in [1.54, 1.807) is 0 Å². The van der Waals surface area contributed by atoms with Crippen LogP contribution in [0.2, 0.25) is 5.02 Å². The number of halogens is 2. The summed E-state index contributed by atoms with van der Waals surface area (Å²) in [4.78, 5) is 11.6. The quantitative estimate of drug-likeness (QED) is 0.780. The summed E-state index contributed by atoms with van der Waals surface area (Å²) in [7, 11) is 0. The van der Waals surface area contributed by atoms with Crippen LogP contribution in [0.4, 0.5) is 14.9 Å². The summed E-state index contributed by atoms with van der Waals surface area (Å²) in [5, 5.41) is 14.2. The molecule has 0 radical (unpaired) electrons. The second kappa shape index (κ2) is 6.73. The lowest BCUT2D eigenvalue weighted by atomic mass is 9.90. The van der Waals surface area contributed by atoms with Gasteiger partial charge < -0.3 is 15.7 Å². The molecule has 0 saturated carbocycles. The van der Waals surface area contributed by atoms with Gasteiger partial charge in [0, 0.05) is 18.2 Å². The summed E-state index contributed by atoms with van der Waals surface area (Å²) in [6.07, 6.45) is 0.568. The van der Waals surface area contributed by atoms with Crippen molar-refractivity contribution < 1.29 is 14.3 Å². The van der Waals surface area contributed by atoms with Crippen molar-refractivity contribution in [2.45, 2.75) is 20.3 Å². The van der Waals surface area contributed by atoms with Crippen LogP contribution in [0.5, 0.6) is 0 Å². The lowest BCUT2D eigenvalue weighted by Crippen LogP contribution is -2.37. The maximum absolute atomic E-state index is 13.4. The van der Waals surface area contributed by atoms with Crippen LogP contribution in [-0.4, -0.2) is 24.3 Å². The van der Waals surface area contributed by atoms with Gasteiger partial charge in [-0.15, -0.1) is 0 Å². The van der Waals surface area contributed by atoms with Gasteiger partial charge in [0.05, 0.1) is 5.69 Å². The molecule has 3 N–H and O–H groups in total. The van der Waals surface area contributed by atoms with E-state index in [4.69, 9.17) is 16.7 Å². The van der Waals surface area contributed by atoms with Crippen molar-refractivity contribution in [2.24, 2.45) is 5.41 Å². The van der Waals surface area contributed by atoms with Crippen LogP contribution in [0.1, 0.15) is 20.3 Å².